The third kappa shape index (κ3) is 3.86. The number of hydrogen-bond donors (Lipinski definition) is 1. The Bertz CT molecular complexity index is 502. The molecule has 1 N–H and O–H groups in total. The molecule has 1 heterocycles. The highest BCUT2D eigenvalue weighted by Crippen LogP contribution is 2.17. The molecule has 0 aliphatic carbocycles. The van der Waals surface area contributed by atoms with E-state index in [1.54, 1.807) is 0 Å². The van der Waals surface area contributed by atoms with Crippen LogP contribution in [-0.4, -0.2) is 6.61 Å². The summed E-state index contributed by atoms with van der Waals surface area (Å²) in [6.07, 6.45) is 0. The Morgan fingerprint density at radius 3 is 2.47 bits per heavy atom. The lowest BCUT2D eigenvalue weighted by Gasteiger charge is -2.12. The lowest BCUT2D eigenvalue weighted by molar-refractivity contribution is 0.340. The SMILES string of the molecule is CCOc1ccc(CNC(C)c2ccc(C)o2)cc1. The monoisotopic (exact) mass is 259 g/mol. The van der Waals surface area contributed by atoms with Crippen molar-refractivity contribution in [2.45, 2.75) is 33.4 Å². The van der Waals surface area contributed by atoms with Crippen LogP contribution >= 0.6 is 0 Å². The van der Waals surface area contributed by atoms with Gasteiger partial charge in [0.15, 0.2) is 0 Å². The number of aryl methyl sites for hydroxylation is 1. The van der Waals surface area contributed by atoms with E-state index < -0.39 is 0 Å². The van der Waals surface area contributed by atoms with Crippen molar-refractivity contribution >= 4 is 0 Å². The Labute approximate surface area is 114 Å². The number of furan rings is 1. The Balaban J connectivity index is 1.87. The first-order valence-electron chi connectivity index (χ1n) is 6.70. The van der Waals surface area contributed by atoms with Crippen molar-refractivity contribution in [2.75, 3.05) is 6.61 Å². The van der Waals surface area contributed by atoms with Crippen molar-refractivity contribution in [3.63, 3.8) is 0 Å². The van der Waals surface area contributed by atoms with Gasteiger partial charge in [-0.2, -0.15) is 0 Å². The van der Waals surface area contributed by atoms with Crippen molar-refractivity contribution in [3.8, 4) is 5.75 Å². The summed E-state index contributed by atoms with van der Waals surface area (Å²) >= 11 is 0. The number of benzene rings is 1. The molecule has 102 valence electrons. The van der Waals surface area contributed by atoms with Crippen molar-refractivity contribution in [1.82, 2.24) is 5.32 Å². The van der Waals surface area contributed by atoms with Crippen LogP contribution in [0.15, 0.2) is 40.8 Å². The van der Waals surface area contributed by atoms with E-state index in [4.69, 9.17) is 9.15 Å². The number of ether oxygens (including phenoxy) is 1. The van der Waals surface area contributed by atoms with Gasteiger partial charge in [-0.05, 0) is 50.6 Å². The first-order valence-corrected chi connectivity index (χ1v) is 6.70. The van der Waals surface area contributed by atoms with Crippen LogP contribution in [0.4, 0.5) is 0 Å². The van der Waals surface area contributed by atoms with Crippen LogP contribution in [0.25, 0.3) is 0 Å². The molecule has 19 heavy (non-hydrogen) atoms. The minimum Gasteiger partial charge on any atom is -0.494 e. The average Bonchev–Trinajstić information content (AvgIpc) is 2.85. The molecule has 1 unspecified atom stereocenters. The molecule has 2 rings (SSSR count). The summed E-state index contributed by atoms with van der Waals surface area (Å²) in [5.74, 6) is 2.84. The quantitative estimate of drug-likeness (QED) is 0.856. The summed E-state index contributed by atoms with van der Waals surface area (Å²) in [6, 6.07) is 12.4. The van der Waals surface area contributed by atoms with Crippen molar-refractivity contribution in [2.24, 2.45) is 0 Å². The van der Waals surface area contributed by atoms with Gasteiger partial charge in [-0.3, -0.25) is 0 Å². The zero-order chi connectivity index (χ0) is 13.7. The predicted octanol–water partition coefficient (Wildman–Crippen LogP) is 3.84. The third-order valence-electron chi connectivity index (χ3n) is 3.03. The molecule has 3 nitrogen and oxygen atoms in total. The van der Waals surface area contributed by atoms with E-state index in [1.807, 2.05) is 38.1 Å². The maximum absolute atomic E-state index is 5.60. The molecule has 1 atom stereocenters. The largest absolute Gasteiger partial charge is 0.494 e. The van der Waals surface area contributed by atoms with Crippen LogP contribution in [0.3, 0.4) is 0 Å². The summed E-state index contributed by atoms with van der Waals surface area (Å²) in [4.78, 5) is 0. The van der Waals surface area contributed by atoms with Crippen molar-refractivity contribution < 1.29 is 9.15 Å². The fourth-order valence-corrected chi connectivity index (χ4v) is 1.93. The van der Waals surface area contributed by atoms with Gasteiger partial charge in [0.1, 0.15) is 17.3 Å². The van der Waals surface area contributed by atoms with Gasteiger partial charge in [0.2, 0.25) is 0 Å². The maximum atomic E-state index is 5.60. The predicted molar refractivity (Wildman–Crippen MR) is 76.3 cm³/mol. The molecular formula is C16H21NO2. The molecule has 0 fully saturated rings. The summed E-state index contributed by atoms with van der Waals surface area (Å²) in [7, 11) is 0. The second-order valence-corrected chi connectivity index (χ2v) is 4.63. The van der Waals surface area contributed by atoms with Gasteiger partial charge in [-0.1, -0.05) is 12.1 Å². The first-order chi connectivity index (χ1) is 9.19. The molecule has 0 amide bonds. The molecule has 0 aliphatic rings. The molecular weight excluding hydrogens is 238 g/mol. The molecule has 2 aromatic rings. The smallest absolute Gasteiger partial charge is 0.120 e. The molecule has 1 aromatic heterocycles. The van der Waals surface area contributed by atoms with E-state index >= 15 is 0 Å². The van der Waals surface area contributed by atoms with E-state index in [2.05, 4.69) is 24.4 Å². The number of nitrogens with one attached hydrogen (secondary N) is 1. The van der Waals surface area contributed by atoms with E-state index in [0.717, 1.165) is 23.8 Å². The minimum absolute atomic E-state index is 0.209. The van der Waals surface area contributed by atoms with Gasteiger partial charge < -0.3 is 14.5 Å². The number of hydrogen-bond acceptors (Lipinski definition) is 3. The molecule has 0 radical (unpaired) electrons. The first kappa shape index (κ1) is 13.7. The highest BCUT2D eigenvalue weighted by atomic mass is 16.5. The maximum Gasteiger partial charge on any atom is 0.120 e. The van der Waals surface area contributed by atoms with Crippen molar-refractivity contribution in [1.29, 1.82) is 0 Å². The van der Waals surface area contributed by atoms with E-state index in [-0.39, 0.29) is 6.04 Å². The van der Waals surface area contributed by atoms with Gasteiger partial charge >= 0.3 is 0 Å². The Hall–Kier alpha value is -1.74. The second-order valence-electron chi connectivity index (χ2n) is 4.63. The van der Waals surface area contributed by atoms with Crippen LogP contribution < -0.4 is 10.1 Å². The van der Waals surface area contributed by atoms with Gasteiger partial charge in [0.05, 0.1) is 12.6 Å². The summed E-state index contributed by atoms with van der Waals surface area (Å²) in [5.41, 5.74) is 1.23. The lowest BCUT2D eigenvalue weighted by Crippen LogP contribution is -2.17. The third-order valence-corrected chi connectivity index (χ3v) is 3.03. The highest BCUT2D eigenvalue weighted by Gasteiger charge is 2.08. The van der Waals surface area contributed by atoms with Crippen molar-refractivity contribution in [3.05, 3.63) is 53.5 Å². The van der Waals surface area contributed by atoms with E-state index in [0.29, 0.717) is 6.61 Å². The summed E-state index contributed by atoms with van der Waals surface area (Å²) in [5, 5.41) is 3.45. The number of rotatable bonds is 6. The highest BCUT2D eigenvalue weighted by molar-refractivity contribution is 5.27. The zero-order valence-corrected chi connectivity index (χ0v) is 11.8. The zero-order valence-electron chi connectivity index (χ0n) is 11.8. The normalized spacial score (nSPS) is 12.4. The lowest BCUT2D eigenvalue weighted by atomic mass is 10.2. The molecule has 0 saturated heterocycles. The van der Waals surface area contributed by atoms with E-state index in [9.17, 15) is 0 Å². The molecule has 0 spiro atoms. The van der Waals surface area contributed by atoms with Gasteiger partial charge in [-0.25, -0.2) is 0 Å². The van der Waals surface area contributed by atoms with Gasteiger partial charge in [-0.15, -0.1) is 0 Å². The van der Waals surface area contributed by atoms with Crippen LogP contribution in [0.5, 0.6) is 5.75 Å². The summed E-state index contributed by atoms with van der Waals surface area (Å²) in [6.45, 7) is 7.57. The average molecular weight is 259 g/mol. The topological polar surface area (TPSA) is 34.4 Å². The Kier molecular flexibility index (Phi) is 4.63. The fourth-order valence-electron chi connectivity index (χ4n) is 1.93. The summed E-state index contributed by atoms with van der Waals surface area (Å²) < 4.78 is 11.0. The molecule has 0 aliphatic heterocycles. The van der Waals surface area contributed by atoms with Crippen LogP contribution in [0, 0.1) is 6.92 Å². The minimum atomic E-state index is 0.209. The van der Waals surface area contributed by atoms with Gasteiger partial charge in [0.25, 0.3) is 0 Å². The molecule has 0 saturated carbocycles. The molecule has 3 heteroatoms. The van der Waals surface area contributed by atoms with Gasteiger partial charge in [0, 0.05) is 6.54 Å². The van der Waals surface area contributed by atoms with Crippen LogP contribution in [0.2, 0.25) is 0 Å². The molecule has 0 bridgehead atoms. The molecule has 1 aromatic carbocycles. The standard InChI is InChI=1S/C16H21NO2/c1-4-18-15-8-6-14(7-9-15)11-17-13(3)16-10-5-12(2)19-16/h5-10,13,17H,4,11H2,1-3H3. The Morgan fingerprint density at radius 1 is 1.16 bits per heavy atom. The van der Waals surface area contributed by atoms with Crippen LogP contribution in [0.1, 0.15) is 37.0 Å². The second kappa shape index (κ2) is 6.43. The van der Waals surface area contributed by atoms with Crippen LogP contribution in [-0.2, 0) is 6.54 Å². The van der Waals surface area contributed by atoms with E-state index in [1.165, 1.54) is 5.56 Å². The fraction of sp³-hybridized carbons (Fsp3) is 0.375. The Morgan fingerprint density at radius 2 is 1.89 bits per heavy atom.